The number of hydrogen-bond donors (Lipinski definition) is 2. The third-order valence-electron chi connectivity index (χ3n) is 3.65. The molecule has 2 aromatic rings. The molecule has 25 heavy (non-hydrogen) atoms. The molecule has 0 radical (unpaired) electrons. The minimum atomic E-state index is -1.26. The first-order chi connectivity index (χ1) is 11.3. The number of carboxylic acid groups (broad SMARTS) is 1. The molecule has 2 aromatic carbocycles. The van der Waals surface area contributed by atoms with Gasteiger partial charge in [-0.25, -0.2) is 0 Å². The van der Waals surface area contributed by atoms with Gasteiger partial charge < -0.3 is 20.3 Å². The first-order valence-corrected chi connectivity index (χ1v) is 8.19. The van der Waals surface area contributed by atoms with Gasteiger partial charge in [0.2, 0.25) is 0 Å². The minimum absolute atomic E-state index is 0. The van der Waals surface area contributed by atoms with E-state index >= 15 is 0 Å². The predicted molar refractivity (Wildman–Crippen MR) is 93.1 cm³/mol. The van der Waals surface area contributed by atoms with Gasteiger partial charge in [0.15, 0.2) is 0 Å². The van der Waals surface area contributed by atoms with Crippen LogP contribution in [0.25, 0.3) is 0 Å². The first-order valence-electron chi connectivity index (χ1n) is 7.43. The number of halogens is 2. The zero-order valence-electron chi connectivity index (χ0n) is 14.3. The van der Waals surface area contributed by atoms with Crippen LogP contribution in [-0.4, -0.2) is 17.6 Å². The molecule has 4 nitrogen and oxygen atoms in total. The number of carboxylic acids is 1. The summed E-state index contributed by atoms with van der Waals surface area (Å²) in [7, 11) is 0. The number of aliphatic hydroxyl groups is 1. The third-order valence-corrected chi connectivity index (χ3v) is 4.21. The molecular formula is C18H18Cl2KNO3. The van der Waals surface area contributed by atoms with Crippen LogP contribution in [0.3, 0.4) is 0 Å². The molecule has 0 fully saturated rings. The Labute approximate surface area is 200 Å². The fourth-order valence-corrected chi connectivity index (χ4v) is 3.16. The van der Waals surface area contributed by atoms with Gasteiger partial charge in [-0.05, 0) is 31.5 Å². The van der Waals surface area contributed by atoms with E-state index in [4.69, 9.17) is 23.2 Å². The summed E-state index contributed by atoms with van der Waals surface area (Å²) in [5.74, 6) is -1.26. The van der Waals surface area contributed by atoms with E-state index in [1.807, 2.05) is 19.9 Å². The second-order valence-electron chi connectivity index (χ2n) is 5.76. The SMILES string of the molecule is Cc1cc(C)cc(C(NC[C@H](O)c2ccc(Cl)cc2Cl)C(=O)[O-])c1.[K+]. The van der Waals surface area contributed by atoms with E-state index in [0.29, 0.717) is 21.2 Å². The fourth-order valence-electron chi connectivity index (χ4n) is 2.63. The van der Waals surface area contributed by atoms with Crippen LogP contribution in [-0.2, 0) is 4.79 Å². The van der Waals surface area contributed by atoms with Crippen molar-refractivity contribution < 1.29 is 66.4 Å². The number of nitrogens with one attached hydrogen (secondary N) is 1. The second kappa shape index (κ2) is 10.4. The van der Waals surface area contributed by atoms with Crippen LogP contribution < -0.4 is 61.8 Å². The van der Waals surface area contributed by atoms with Crippen molar-refractivity contribution in [1.29, 1.82) is 0 Å². The molecule has 0 saturated carbocycles. The van der Waals surface area contributed by atoms with Crippen LogP contribution in [0.4, 0.5) is 0 Å². The van der Waals surface area contributed by atoms with Gasteiger partial charge in [-0.3, -0.25) is 0 Å². The molecule has 0 aromatic heterocycles. The average Bonchev–Trinajstić information content (AvgIpc) is 2.45. The van der Waals surface area contributed by atoms with Crippen LogP contribution in [0.5, 0.6) is 0 Å². The maximum Gasteiger partial charge on any atom is 1.00 e. The Balaban J connectivity index is 0.00000312. The molecule has 0 aliphatic heterocycles. The first kappa shape index (κ1) is 23.1. The molecule has 0 aliphatic rings. The number of aliphatic carboxylic acids is 1. The quantitative estimate of drug-likeness (QED) is 0.648. The molecule has 128 valence electrons. The minimum Gasteiger partial charge on any atom is -0.548 e. The summed E-state index contributed by atoms with van der Waals surface area (Å²) >= 11 is 11.9. The molecule has 0 heterocycles. The van der Waals surface area contributed by atoms with E-state index < -0.39 is 18.1 Å². The molecule has 0 aliphatic carbocycles. The maximum atomic E-state index is 11.5. The Morgan fingerprint density at radius 2 is 1.76 bits per heavy atom. The molecule has 7 heteroatoms. The number of rotatable bonds is 6. The monoisotopic (exact) mass is 405 g/mol. The van der Waals surface area contributed by atoms with Crippen LogP contribution in [0.2, 0.25) is 10.0 Å². The summed E-state index contributed by atoms with van der Waals surface area (Å²) in [5, 5.41) is 25.4. The van der Waals surface area contributed by atoms with E-state index in [2.05, 4.69) is 5.32 Å². The predicted octanol–water partition coefficient (Wildman–Crippen LogP) is -0.272. The Kier molecular flexibility index (Phi) is 9.60. The molecule has 0 saturated heterocycles. The summed E-state index contributed by atoms with van der Waals surface area (Å²) in [5.41, 5.74) is 2.98. The second-order valence-corrected chi connectivity index (χ2v) is 6.61. The van der Waals surface area contributed by atoms with Crippen molar-refractivity contribution >= 4 is 29.2 Å². The van der Waals surface area contributed by atoms with E-state index in [9.17, 15) is 15.0 Å². The summed E-state index contributed by atoms with van der Waals surface area (Å²) in [6.07, 6.45) is -0.970. The summed E-state index contributed by atoms with van der Waals surface area (Å²) in [6.45, 7) is 3.79. The summed E-state index contributed by atoms with van der Waals surface area (Å²) in [6, 6.07) is 9.25. The number of carbonyl (C=O) groups excluding carboxylic acids is 1. The Morgan fingerprint density at radius 3 is 2.28 bits per heavy atom. The number of hydrogen-bond acceptors (Lipinski definition) is 4. The van der Waals surface area contributed by atoms with Crippen molar-refractivity contribution in [3.63, 3.8) is 0 Å². The van der Waals surface area contributed by atoms with Gasteiger partial charge in [0, 0.05) is 22.2 Å². The number of aryl methyl sites for hydroxylation is 2. The standard InChI is InChI=1S/C18H19Cl2NO3.K/c1-10-5-11(2)7-12(6-10)17(18(23)24)21-9-16(22)14-4-3-13(19)8-15(14)20;/h3-8,16-17,21-22H,9H2,1-2H3,(H,23,24);/q;+1/p-1/t16-,17?;/m0./s1. The fraction of sp³-hybridized carbons (Fsp3) is 0.278. The zero-order chi connectivity index (χ0) is 17.9. The van der Waals surface area contributed by atoms with Crippen molar-refractivity contribution in [3.05, 3.63) is 68.7 Å². The Morgan fingerprint density at radius 1 is 1.16 bits per heavy atom. The van der Waals surface area contributed by atoms with E-state index in [0.717, 1.165) is 11.1 Å². The van der Waals surface area contributed by atoms with E-state index in [-0.39, 0.29) is 57.9 Å². The van der Waals surface area contributed by atoms with Gasteiger partial charge in [0.05, 0.1) is 18.1 Å². The van der Waals surface area contributed by atoms with Crippen LogP contribution in [0.1, 0.15) is 34.4 Å². The maximum absolute atomic E-state index is 11.5. The van der Waals surface area contributed by atoms with Crippen LogP contribution in [0.15, 0.2) is 36.4 Å². The molecule has 2 N–H and O–H groups in total. The van der Waals surface area contributed by atoms with Crippen molar-refractivity contribution in [2.75, 3.05) is 6.54 Å². The van der Waals surface area contributed by atoms with Gasteiger partial charge in [-0.2, -0.15) is 0 Å². The molecular weight excluding hydrogens is 388 g/mol. The molecule has 1 unspecified atom stereocenters. The normalized spacial score (nSPS) is 13.0. The van der Waals surface area contributed by atoms with Gasteiger partial charge in [-0.1, -0.05) is 58.6 Å². The molecule has 2 rings (SSSR count). The zero-order valence-corrected chi connectivity index (χ0v) is 19.0. The van der Waals surface area contributed by atoms with E-state index in [1.54, 1.807) is 24.3 Å². The van der Waals surface area contributed by atoms with Crippen molar-refractivity contribution in [2.24, 2.45) is 0 Å². The van der Waals surface area contributed by atoms with Crippen LogP contribution in [0, 0.1) is 13.8 Å². The molecule has 0 spiro atoms. The molecule has 2 atom stereocenters. The largest absolute Gasteiger partial charge is 1.00 e. The average molecular weight is 406 g/mol. The number of carbonyl (C=O) groups is 1. The summed E-state index contributed by atoms with van der Waals surface area (Å²) in [4.78, 5) is 11.5. The van der Waals surface area contributed by atoms with Gasteiger partial charge >= 0.3 is 51.4 Å². The Bertz CT molecular complexity index is 735. The van der Waals surface area contributed by atoms with Gasteiger partial charge in [0.1, 0.15) is 0 Å². The molecule has 0 bridgehead atoms. The van der Waals surface area contributed by atoms with Crippen molar-refractivity contribution in [3.8, 4) is 0 Å². The van der Waals surface area contributed by atoms with Crippen LogP contribution >= 0.6 is 23.2 Å². The number of benzene rings is 2. The number of aliphatic hydroxyl groups excluding tert-OH is 1. The summed E-state index contributed by atoms with van der Waals surface area (Å²) < 4.78 is 0. The van der Waals surface area contributed by atoms with Gasteiger partial charge in [0.25, 0.3) is 0 Å². The molecule has 0 amide bonds. The smallest absolute Gasteiger partial charge is 0.548 e. The third kappa shape index (κ3) is 6.61. The van der Waals surface area contributed by atoms with Crippen molar-refractivity contribution in [2.45, 2.75) is 26.0 Å². The van der Waals surface area contributed by atoms with Crippen molar-refractivity contribution in [1.82, 2.24) is 5.32 Å². The Hall–Kier alpha value is 0.0464. The topological polar surface area (TPSA) is 72.4 Å². The van der Waals surface area contributed by atoms with Gasteiger partial charge in [-0.15, -0.1) is 0 Å². The van der Waals surface area contributed by atoms with E-state index in [1.165, 1.54) is 6.07 Å².